The summed E-state index contributed by atoms with van der Waals surface area (Å²) >= 11 is 0. The molecular weight excluding hydrogens is 272 g/mol. The fourth-order valence-electron chi connectivity index (χ4n) is 1.41. The minimum absolute atomic E-state index is 0.0494. The predicted octanol–water partition coefficient (Wildman–Crippen LogP) is 0.815. The van der Waals surface area contributed by atoms with Gasteiger partial charge in [-0.2, -0.15) is 15.0 Å². The van der Waals surface area contributed by atoms with Crippen LogP contribution in [0, 0.1) is 5.92 Å². The number of carbonyl (C=O) groups is 1. The van der Waals surface area contributed by atoms with Crippen LogP contribution in [0.5, 0.6) is 6.01 Å². The van der Waals surface area contributed by atoms with Crippen LogP contribution in [0.15, 0.2) is 0 Å². The number of nitrogen functional groups attached to an aromatic ring is 1. The number of hydrogen-bond acceptors (Lipinski definition) is 7. The molecule has 1 aromatic rings. The normalized spacial score (nSPS) is 12.0. The van der Waals surface area contributed by atoms with Gasteiger partial charge in [0.15, 0.2) is 0 Å². The van der Waals surface area contributed by atoms with Crippen molar-refractivity contribution in [3.63, 3.8) is 0 Å². The predicted molar refractivity (Wildman–Crippen MR) is 81.0 cm³/mol. The molecule has 0 saturated carbocycles. The van der Waals surface area contributed by atoms with Crippen LogP contribution in [-0.4, -0.2) is 40.1 Å². The Morgan fingerprint density at radius 2 is 2.00 bits per heavy atom. The van der Waals surface area contributed by atoms with Crippen molar-refractivity contribution >= 4 is 17.8 Å². The van der Waals surface area contributed by atoms with Crippen molar-refractivity contribution in [1.82, 2.24) is 20.3 Å². The van der Waals surface area contributed by atoms with E-state index in [0.717, 1.165) is 6.42 Å². The van der Waals surface area contributed by atoms with Gasteiger partial charge in [-0.1, -0.05) is 20.8 Å². The lowest BCUT2D eigenvalue weighted by Crippen LogP contribution is -2.39. The van der Waals surface area contributed by atoms with Crippen LogP contribution >= 0.6 is 0 Å². The number of ether oxygens (including phenoxy) is 1. The Morgan fingerprint density at radius 1 is 1.29 bits per heavy atom. The summed E-state index contributed by atoms with van der Waals surface area (Å²) in [4.78, 5) is 23.8. The van der Waals surface area contributed by atoms with Crippen LogP contribution in [0.3, 0.4) is 0 Å². The number of aromatic nitrogens is 3. The van der Waals surface area contributed by atoms with Gasteiger partial charge in [0.05, 0.1) is 6.61 Å². The maximum absolute atomic E-state index is 11.9. The summed E-state index contributed by atoms with van der Waals surface area (Å²) in [5.74, 6) is 0.538. The molecule has 0 aliphatic heterocycles. The first-order valence-electron chi connectivity index (χ1n) is 7.11. The van der Waals surface area contributed by atoms with E-state index in [1.807, 2.05) is 20.8 Å². The van der Waals surface area contributed by atoms with Crippen LogP contribution < -0.4 is 21.1 Å². The summed E-state index contributed by atoms with van der Waals surface area (Å²) in [5.41, 5.74) is 5.60. The third-order valence-electron chi connectivity index (χ3n) is 2.49. The van der Waals surface area contributed by atoms with E-state index in [4.69, 9.17) is 10.5 Å². The van der Waals surface area contributed by atoms with Gasteiger partial charge in [0, 0.05) is 6.54 Å². The van der Waals surface area contributed by atoms with Crippen LogP contribution in [0.4, 0.5) is 11.9 Å². The van der Waals surface area contributed by atoms with Gasteiger partial charge in [-0.15, -0.1) is 0 Å². The molecule has 0 aromatic carbocycles. The molecule has 118 valence electrons. The van der Waals surface area contributed by atoms with Gasteiger partial charge < -0.3 is 21.1 Å². The number of rotatable bonds is 8. The van der Waals surface area contributed by atoms with Crippen molar-refractivity contribution in [1.29, 1.82) is 0 Å². The van der Waals surface area contributed by atoms with E-state index in [0.29, 0.717) is 19.1 Å². The molecule has 1 unspecified atom stereocenters. The van der Waals surface area contributed by atoms with Gasteiger partial charge in [-0.25, -0.2) is 0 Å². The highest BCUT2D eigenvalue weighted by Crippen LogP contribution is 2.10. The first-order valence-corrected chi connectivity index (χ1v) is 7.11. The molecule has 1 amide bonds. The third-order valence-corrected chi connectivity index (χ3v) is 2.49. The lowest BCUT2D eigenvalue weighted by Gasteiger charge is -2.15. The molecule has 0 aliphatic rings. The second-order valence-corrected chi connectivity index (χ2v) is 5.15. The minimum Gasteiger partial charge on any atom is -0.463 e. The molecule has 1 rings (SSSR count). The first kappa shape index (κ1) is 16.9. The highest BCUT2D eigenvalue weighted by molar-refractivity contribution is 5.83. The van der Waals surface area contributed by atoms with Gasteiger partial charge in [0.25, 0.3) is 0 Å². The average molecular weight is 296 g/mol. The van der Waals surface area contributed by atoms with Gasteiger partial charge in [0.2, 0.25) is 17.8 Å². The number of nitrogens with one attached hydrogen (secondary N) is 2. The van der Waals surface area contributed by atoms with E-state index in [-0.39, 0.29) is 23.8 Å². The molecule has 21 heavy (non-hydrogen) atoms. The number of amides is 1. The molecule has 8 nitrogen and oxygen atoms in total. The number of anilines is 2. The first-order chi connectivity index (χ1) is 9.92. The Morgan fingerprint density at radius 3 is 2.62 bits per heavy atom. The van der Waals surface area contributed by atoms with E-state index in [9.17, 15) is 4.79 Å². The molecule has 1 heterocycles. The lowest BCUT2D eigenvalue weighted by atomic mass is 10.2. The van der Waals surface area contributed by atoms with Crippen LogP contribution in [0.2, 0.25) is 0 Å². The molecule has 0 saturated heterocycles. The largest absolute Gasteiger partial charge is 0.463 e. The van der Waals surface area contributed by atoms with Crippen molar-refractivity contribution in [3.8, 4) is 6.01 Å². The van der Waals surface area contributed by atoms with E-state index in [1.165, 1.54) is 0 Å². The number of carbonyl (C=O) groups excluding carboxylic acids is 1. The zero-order valence-corrected chi connectivity index (χ0v) is 13.0. The summed E-state index contributed by atoms with van der Waals surface area (Å²) < 4.78 is 5.31. The Hall–Kier alpha value is -2.12. The van der Waals surface area contributed by atoms with Crippen LogP contribution in [0.25, 0.3) is 0 Å². The summed E-state index contributed by atoms with van der Waals surface area (Å²) in [7, 11) is 0. The lowest BCUT2D eigenvalue weighted by molar-refractivity contribution is -0.121. The molecule has 1 atom stereocenters. The molecule has 4 N–H and O–H groups in total. The van der Waals surface area contributed by atoms with Crippen molar-refractivity contribution in [2.45, 2.75) is 40.2 Å². The summed E-state index contributed by atoms with van der Waals surface area (Å²) in [6, 6.07) is -0.328. The fourth-order valence-corrected chi connectivity index (χ4v) is 1.41. The highest BCUT2D eigenvalue weighted by atomic mass is 16.5. The van der Waals surface area contributed by atoms with E-state index in [1.54, 1.807) is 6.92 Å². The highest BCUT2D eigenvalue weighted by Gasteiger charge is 2.15. The summed E-state index contributed by atoms with van der Waals surface area (Å²) in [6.07, 6.45) is 0.836. The zero-order chi connectivity index (χ0) is 15.8. The Bertz CT molecular complexity index is 466. The molecule has 0 bridgehead atoms. The summed E-state index contributed by atoms with van der Waals surface area (Å²) in [5, 5.41) is 5.72. The molecule has 1 aromatic heterocycles. The SMILES string of the molecule is CCCOc1nc(N)nc(NC(C)C(=O)NCC(C)C)n1. The Kier molecular flexibility index (Phi) is 6.64. The smallest absolute Gasteiger partial charge is 0.323 e. The Balaban J connectivity index is 2.64. The number of nitrogens with zero attached hydrogens (tertiary/aromatic N) is 3. The standard InChI is InChI=1S/C13H24N6O2/c1-5-6-21-13-18-11(14)17-12(19-13)16-9(4)10(20)15-7-8(2)3/h8-9H,5-7H2,1-4H3,(H,15,20)(H3,14,16,17,18,19). The van der Waals surface area contributed by atoms with Crippen LogP contribution in [0.1, 0.15) is 34.1 Å². The van der Waals surface area contributed by atoms with Crippen molar-refractivity contribution in [3.05, 3.63) is 0 Å². The maximum Gasteiger partial charge on any atom is 0.323 e. The monoisotopic (exact) mass is 296 g/mol. The summed E-state index contributed by atoms with van der Waals surface area (Å²) in [6.45, 7) is 8.88. The molecule has 0 spiro atoms. The van der Waals surface area contributed by atoms with Gasteiger partial charge >= 0.3 is 6.01 Å². The Labute approximate surface area is 124 Å². The van der Waals surface area contributed by atoms with Crippen LogP contribution in [-0.2, 0) is 4.79 Å². The van der Waals surface area contributed by atoms with Crippen molar-refractivity contribution in [2.24, 2.45) is 5.92 Å². The van der Waals surface area contributed by atoms with Gasteiger partial charge in [0.1, 0.15) is 6.04 Å². The molecular formula is C13H24N6O2. The van der Waals surface area contributed by atoms with Crippen molar-refractivity contribution in [2.75, 3.05) is 24.2 Å². The zero-order valence-electron chi connectivity index (χ0n) is 13.0. The molecule has 8 heteroatoms. The third kappa shape index (κ3) is 6.24. The van der Waals surface area contributed by atoms with Crippen molar-refractivity contribution < 1.29 is 9.53 Å². The topological polar surface area (TPSA) is 115 Å². The fraction of sp³-hybridized carbons (Fsp3) is 0.692. The van der Waals surface area contributed by atoms with Gasteiger partial charge in [-0.3, -0.25) is 4.79 Å². The molecule has 0 aliphatic carbocycles. The minimum atomic E-state index is -0.482. The molecule has 0 fully saturated rings. The second-order valence-electron chi connectivity index (χ2n) is 5.15. The van der Waals surface area contributed by atoms with E-state index in [2.05, 4.69) is 25.6 Å². The maximum atomic E-state index is 11.9. The number of hydrogen-bond donors (Lipinski definition) is 3. The average Bonchev–Trinajstić information content (AvgIpc) is 2.41. The van der Waals surface area contributed by atoms with E-state index < -0.39 is 6.04 Å². The van der Waals surface area contributed by atoms with Gasteiger partial charge in [-0.05, 0) is 19.3 Å². The molecule has 0 radical (unpaired) electrons. The second kappa shape index (κ2) is 8.23. The van der Waals surface area contributed by atoms with E-state index >= 15 is 0 Å². The quantitative estimate of drug-likeness (QED) is 0.650. The number of nitrogens with two attached hydrogens (primary N) is 1.